The first kappa shape index (κ1) is 13.8. The minimum atomic E-state index is -0.495. The third-order valence-electron chi connectivity index (χ3n) is 2.77. The third kappa shape index (κ3) is 4.18. The minimum absolute atomic E-state index is 0.110. The molecule has 6 heteroatoms. The van der Waals surface area contributed by atoms with Gasteiger partial charge in [-0.3, -0.25) is 4.79 Å². The van der Waals surface area contributed by atoms with Gasteiger partial charge in [0, 0.05) is 18.7 Å². The van der Waals surface area contributed by atoms with Gasteiger partial charge in [0.1, 0.15) is 11.9 Å². The average Bonchev–Trinajstić information content (AvgIpc) is 2.31. The SMILES string of the molecule is Nc1ccc(F)c(NC(=O)CCCOC2COC2)c1. The molecule has 3 N–H and O–H groups in total. The van der Waals surface area contributed by atoms with Gasteiger partial charge in [-0.25, -0.2) is 4.39 Å². The zero-order valence-electron chi connectivity index (χ0n) is 10.5. The standard InChI is InChI=1S/C13H17FN2O3/c14-11-4-3-9(15)6-12(11)16-13(17)2-1-5-19-10-7-18-8-10/h3-4,6,10H,1-2,5,7-8,15H2,(H,16,17). The van der Waals surface area contributed by atoms with Crippen LogP contribution in [-0.4, -0.2) is 31.8 Å². The van der Waals surface area contributed by atoms with E-state index in [1.807, 2.05) is 0 Å². The van der Waals surface area contributed by atoms with E-state index in [1.54, 1.807) is 0 Å². The van der Waals surface area contributed by atoms with E-state index < -0.39 is 5.82 Å². The Morgan fingerprint density at radius 1 is 1.53 bits per heavy atom. The van der Waals surface area contributed by atoms with Gasteiger partial charge in [0.2, 0.25) is 5.91 Å². The second-order valence-electron chi connectivity index (χ2n) is 4.42. The molecule has 1 aliphatic heterocycles. The number of ether oxygens (including phenoxy) is 2. The van der Waals surface area contributed by atoms with Crippen molar-refractivity contribution in [1.29, 1.82) is 0 Å². The second kappa shape index (κ2) is 6.49. The first-order valence-corrected chi connectivity index (χ1v) is 6.19. The summed E-state index contributed by atoms with van der Waals surface area (Å²) in [7, 11) is 0. The summed E-state index contributed by atoms with van der Waals surface area (Å²) in [6.45, 7) is 1.75. The van der Waals surface area contributed by atoms with Crippen LogP contribution in [0.25, 0.3) is 0 Å². The van der Waals surface area contributed by atoms with Crippen LogP contribution < -0.4 is 11.1 Å². The molecule has 0 saturated carbocycles. The summed E-state index contributed by atoms with van der Waals surface area (Å²) < 4.78 is 23.7. The lowest BCUT2D eigenvalue weighted by molar-refractivity contribution is -0.131. The van der Waals surface area contributed by atoms with Crippen molar-refractivity contribution in [2.75, 3.05) is 30.9 Å². The number of rotatable bonds is 6. The van der Waals surface area contributed by atoms with Crippen LogP contribution >= 0.6 is 0 Å². The van der Waals surface area contributed by atoms with Crippen LogP contribution in [0.4, 0.5) is 15.8 Å². The lowest BCUT2D eigenvalue weighted by atomic mass is 10.2. The van der Waals surface area contributed by atoms with Crippen LogP contribution in [0.2, 0.25) is 0 Å². The number of anilines is 2. The van der Waals surface area contributed by atoms with Gasteiger partial charge in [-0.15, -0.1) is 0 Å². The van der Waals surface area contributed by atoms with E-state index in [-0.39, 0.29) is 24.1 Å². The molecule has 0 aliphatic carbocycles. The molecule has 1 aliphatic rings. The van der Waals surface area contributed by atoms with Crippen molar-refractivity contribution in [3.63, 3.8) is 0 Å². The summed E-state index contributed by atoms with van der Waals surface area (Å²) >= 11 is 0. The van der Waals surface area contributed by atoms with Crippen LogP contribution in [0.5, 0.6) is 0 Å². The molecular formula is C13H17FN2O3. The van der Waals surface area contributed by atoms with E-state index in [2.05, 4.69) is 5.32 Å². The van der Waals surface area contributed by atoms with E-state index in [9.17, 15) is 9.18 Å². The molecule has 1 aromatic rings. The van der Waals surface area contributed by atoms with Crippen molar-refractivity contribution in [3.8, 4) is 0 Å². The fourth-order valence-corrected chi connectivity index (χ4v) is 1.64. The maximum absolute atomic E-state index is 13.4. The Morgan fingerprint density at radius 3 is 3.00 bits per heavy atom. The smallest absolute Gasteiger partial charge is 0.224 e. The van der Waals surface area contributed by atoms with Gasteiger partial charge in [0.05, 0.1) is 18.9 Å². The summed E-state index contributed by atoms with van der Waals surface area (Å²) in [6, 6.07) is 4.07. The average molecular weight is 268 g/mol. The Hall–Kier alpha value is -1.66. The molecule has 1 amide bonds. The van der Waals surface area contributed by atoms with Crippen molar-refractivity contribution in [3.05, 3.63) is 24.0 Å². The van der Waals surface area contributed by atoms with E-state index in [0.29, 0.717) is 31.9 Å². The Kier molecular flexibility index (Phi) is 4.70. The summed E-state index contributed by atoms with van der Waals surface area (Å²) in [5, 5.41) is 2.49. The van der Waals surface area contributed by atoms with E-state index in [1.165, 1.54) is 18.2 Å². The highest BCUT2D eigenvalue weighted by Gasteiger charge is 2.18. The fourth-order valence-electron chi connectivity index (χ4n) is 1.64. The predicted octanol–water partition coefficient (Wildman–Crippen LogP) is 1.54. The van der Waals surface area contributed by atoms with Crippen LogP contribution in [-0.2, 0) is 14.3 Å². The number of benzene rings is 1. The quantitative estimate of drug-likeness (QED) is 0.606. The lowest BCUT2D eigenvalue weighted by Gasteiger charge is -2.25. The number of nitrogens with two attached hydrogens (primary N) is 1. The molecule has 0 unspecified atom stereocenters. The normalized spacial score (nSPS) is 15.0. The molecule has 1 heterocycles. The van der Waals surface area contributed by atoms with Crippen LogP contribution in [0.15, 0.2) is 18.2 Å². The molecule has 1 saturated heterocycles. The van der Waals surface area contributed by atoms with Crippen molar-refractivity contribution in [2.24, 2.45) is 0 Å². The molecule has 0 spiro atoms. The number of carbonyl (C=O) groups excluding carboxylic acids is 1. The highest BCUT2D eigenvalue weighted by Crippen LogP contribution is 2.17. The van der Waals surface area contributed by atoms with Gasteiger partial charge >= 0.3 is 0 Å². The highest BCUT2D eigenvalue weighted by molar-refractivity contribution is 5.91. The number of nitrogens with one attached hydrogen (secondary N) is 1. The first-order chi connectivity index (χ1) is 9.15. The number of hydrogen-bond donors (Lipinski definition) is 2. The summed E-state index contributed by atoms with van der Waals surface area (Å²) in [5.41, 5.74) is 6.05. The van der Waals surface area contributed by atoms with Gasteiger partial charge < -0.3 is 20.5 Å². The molecule has 0 bridgehead atoms. The molecule has 1 aromatic carbocycles. The van der Waals surface area contributed by atoms with E-state index in [4.69, 9.17) is 15.2 Å². The molecular weight excluding hydrogens is 251 g/mol. The molecule has 0 atom stereocenters. The molecule has 2 rings (SSSR count). The Labute approximate surface area is 110 Å². The number of carbonyl (C=O) groups is 1. The zero-order chi connectivity index (χ0) is 13.7. The highest BCUT2D eigenvalue weighted by atomic mass is 19.1. The van der Waals surface area contributed by atoms with Gasteiger partial charge in [0.15, 0.2) is 0 Å². The van der Waals surface area contributed by atoms with Crippen molar-refractivity contribution in [2.45, 2.75) is 18.9 Å². The number of halogens is 1. The Balaban J connectivity index is 1.69. The zero-order valence-corrected chi connectivity index (χ0v) is 10.5. The molecule has 0 radical (unpaired) electrons. The summed E-state index contributed by atoms with van der Waals surface area (Å²) in [5.74, 6) is -0.747. The summed E-state index contributed by atoms with van der Waals surface area (Å²) in [4.78, 5) is 11.6. The van der Waals surface area contributed by atoms with Gasteiger partial charge in [0.25, 0.3) is 0 Å². The van der Waals surface area contributed by atoms with Crippen molar-refractivity contribution in [1.82, 2.24) is 0 Å². The van der Waals surface area contributed by atoms with E-state index >= 15 is 0 Å². The van der Waals surface area contributed by atoms with Crippen molar-refractivity contribution >= 4 is 17.3 Å². The second-order valence-corrected chi connectivity index (χ2v) is 4.42. The molecule has 19 heavy (non-hydrogen) atoms. The van der Waals surface area contributed by atoms with E-state index in [0.717, 1.165) is 0 Å². The topological polar surface area (TPSA) is 73.6 Å². The monoisotopic (exact) mass is 268 g/mol. The maximum Gasteiger partial charge on any atom is 0.224 e. The van der Waals surface area contributed by atoms with Gasteiger partial charge in [-0.1, -0.05) is 0 Å². The maximum atomic E-state index is 13.4. The van der Waals surface area contributed by atoms with Crippen LogP contribution in [0.1, 0.15) is 12.8 Å². The summed E-state index contributed by atoms with van der Waals surface area (Å²) in [6.07, 6.45) is 1.03. The molecule has 0 aromatic heterocycles. The fraction of sp³-hybridized carbons (Fsp3) is 0.462. The first-order valence-electron chi connectivity index (χ1n) is 6.19. The molecule has 104 valence electrons. The number of amides is 1. The Morgan fingerprint density at radius 2 is 2.32 bits per heavy atom. The molecule has 1 fully saturated rings. The molecule has 5 nitrogen and oxygen atoms in total. The number of hydrogen-bond acceptors (Lipinski definition) is 4. The van der Waals surface area contributed by atoms with Gasteiger partial charge in [-0.2, -0.15) is 0 Å². The van der Waals surface area contributed by atoms with Crippen molar-refractivity contribution < 1.29 is 18.7 Å². The van der Waals surface area contributed by atoms with Gasteiger partial charge in [-0.05, 0) is 24.6 Å². The number of nitrogen functional groups attached to an aromatic ring is 1. The lowest BCUT2D eigenvalue weighted by Crippen LogP contribution is -2.36. The minimum Gasteiger partial charge on any atom is -0.399 e. The van der Waals surface area contributed by atoms with Crippen LogP contribution in [0.3, 0.4) is 0 Å². The largest absolute Gasteiger partial charge is 0.399 e. The third-order valence-corrected chi connectivity index (χ3v) is 2.77. The predicted molar refractivity (Wildman–Crippen MR) is 69.2 cm³/mol. The Bertz CT molecular complexity index is 450. The van der Waals surface area contributed by atoms with Crippen LogP contribution in [0, 0.1) is 5.82 Å².